The molecule has 0 aliphatic rings. The van der Waals surface area contributed by atoms with Crippen molar-refractivity contribution in [2.45, 2.75) is 51.9 Å². The third kappa shape index (κ3) is 5.20. The number of allylic oxidation sites excluding steroid dienone is 1. The predicted molar refractivity (Wildman–Crippen MR) is 91.0 cm³/mol. The summed E-state index contributed by atoms with van der Waals surface area (Å²) >= 11 is 0. The van der Waals surface area contributed by atoms with Gasteiger partial charge in [0, 0.05) is 6.07 Å². The monoisotopic (exact) mass is 305 g/mol. The van der Waals surface area contributed by atoms with Crippen LogP contribution in [0.25, 0.3) is 0 Å². The molecule has 0 radical (unpaired) electrons. The Hall–Kier alpha value is -1.78. The minimum Gasteiger partial charge on any atom is -0.482 e. The average Bonchev–Trinajstić information content (AvgIpc) is 2.44. The average molecular weight is 305 g/mol. The van der Waals surface area contributed by atoms with Crippen molar-refractivity contribution in [2.75, 3.05) is 5.48 Å². The van der Waals surface area contributed by atoms with Crippen molar-refractivity contribution < 1.29 is 14.7 Å². The van der Waals surface area contributed by atoms with Crippen LogP contribution in [0.4, 0.5) is 5.69 Å². The number of rotatable bonds is 8. The van der Waals surface area contributed by atoms with E-state index in [1.54, 1.807) is 19.9 Å². The highest BCUT2D eigenvalue weighted by Gasteiger charge is 2.37. The summed E-state index contributed by atoms with van der Waals surface area (Å²) < 4.78 is 5.79. The SMILES string of the molecule is C=CC(C=CC)Oc1cccc(NOC(C)(C)C(C)(C)O)c1. The molecule has 1 atom stereocenters. The van der Waals surface area contributed by atoms with Crippen molar-refractivity contribution in [2.24, 2.45) is 0 Å². The van der Waals surface area contributed by atoms with Crippen LogP contribution >= 0.6 is 0 Å². The number of aliphatic hydroxyl groups is 1. The van der Waals surface area contributed by atoms with Gasteiger partial charge in [0.05, 0.1) is 11.3 Å². The lowest BCUT2D eigenvalue weighted by molar-refractivity contribution is -0.130. The van der Waals surface area contributed by atoms with E-state index in [0.29, 0.717) is 5.75 Å². The van der Waals surface area contributed by atoms with Crippen LogP contribution in [0.5, 0.6) is 5.75 Å². The van der Waals surface area contributed by atoms with Crippen molar-refractivity contribution in [3.05, 3.63) is 49.1 Å². The van der Waals surface area contributed by atoms with Crippen molar-refractivity contribution in [1.29, 1.82) is 0 Å². The summed E-state index contributed by atoms with van der Waals surface area (Å²) in [4.78, 5) is 5.62. The van der Waals surface area contributed by atoms with Gasteiger partial charge in [-0.1, -0.05) is 18.7 Å². The fourth-order valence-corrected chi connectivity index (χ4v) is 1.46. The minimum absolute atomic E-state index is 0.172. The summed E-state index contributed by atoms with van der Waals surface area (Å²) in [5.41, 5.74) is 1.89. The molecule has 22 heavy (non-hydrogen) atoms. The number of hydrogen-bond acceptors (Lipinski definition) is 4. The van der Waals surface area contributed by atoms with Gasteiger partial charge in [0.1, 0.15) is 17.5 Å². The summed E-state index contributed by atoms with van der Waals surface area (Å²) in [5, 5.41) is 10.1. The lowest BCUT2D eigenvalue weighted by Gasteiger charge is -2.36. The Balaban J connectivity index is 2.74. The van der Waals surface area contributed by atoms with Gasteiger partial charge in [0.25, 0.3) is 0 Å². The third-order valence-corrected chi connectivity index (χ3v) is 3.62. The fourth-order valence-electron chi connectivity index (χ4n) is 1.46. The molecule has 0 fully saturated rings. The molecule has 0 saturated carbocycles. The summed E-state index contributed by atoms with van der Waals surface area (Å²) in [6.07, 6.45) is 5.40. The maximum atomic E-state index is 10.1. The Kier molecular flexibility index (Phi) is 6.21. The third-order valence-electron chi connectivity index (χ3n) is 3.62. The molecular weight excluding hydrogens is 278 g/mol. The zero-order valence-electron chi connectivity index (χ0n) is 14.1. The Morgan fingerprint density at radius 1 is 1.27 bits per heavy atom. The molecule has 1 aromatic carbocycles. The highest BCUT2D eigenvalue weighted by atomic mass is 16.7. The largest absolute Gasteiger partial charge is 0.482 e. The van der Waals surface area contributed by atoms with Gasteiger partial charge in [-0.2, -0.15) is 0 Å². The van der Waals surface area contributed by atoms with Crippen molar-refractivity contribution >= 4 is 5.69 Å². The van der Waals surface area contributed by atoms with Crippen LogP contribution in [-0.4, -0.2) is 22.4 Å². The van der Waals surface area contributed by atoms with Gasteiger partial charge in [-0.3, -0.25) is 10.3 Å². The molecule has 1 rings (SSSR count). The first-order valence-corrected chi connectivity index (χ1v) is 7.38. The van der Waals surface area contributed by atoms with Crippen LogP contribution in [0.3, 0.4) is 0 Å². The highest BCUT2D eigenvalue weighted by molar-refractivity contribution is 5.46. The maximum Gasteiger partial charge on any atom is 0.135 e. The summed E-state index contributed by atoms with van der Waals surface area (Å²) in [6, 6.07) is 7.44. The van der Waals surface area contributed by atoms with Gasteiger partial charge in [-0.25, -0.2) is 0 Å². The van der Waals surface area contributed by atoms with Gasteiger partial charge in [-0.15, -0.1) is 0 Å². The first-order chi connectivity index (χ1) is 10.2. The summed E-state index contributed by atoms with van der Waals surface area (Å²) in [5.74, 6) is 0.706. The van der Waals surface area contributed by atoms with Crippen molar-refractivity contribution in [3.63, 3.8) is 0 Å². The van der Waals surface area contributed by atoms with E-state index in [0.717, 1.165) is 5.69 Å². The predicted octanol–water partition coefficient (Wildman–Crippen LogP) is 4.09. The number of nitrogens with one attached hydrogen (secondary N) is 1. The zero-order chi connectivity index (χ0) is 16.8. The Morgan fingerprint density at radius 2 is 1.95 bits per heavy atom. The van der Waals surface area contributed by atoms with Crippen LogP contribution in [0, 0.1) is 0 Å². The van der Waals surface area contributed by atoms with E-state index in [-0.39, 0.29) is 6.10 Å². The molecule has 2 N–H and O–H groups in total. The van der Waals surface area contributed by atoms with Crippen LogP contribution in [0.15, 0.2) is 49.1 Å². The van der Waals surface area contributed by atoms with E-state index in [2.05, 4.69) is 12.1 Å². The second kappa shape index (κ2) is 7.47. The smallest absolute Gasteiger partial charge is 0.135 e. The standard InChI is InChI=1S/C18H27NO3/c1-7-10-15(8-2)21-16-12-9-11-14(13-16)19-22-18(5,6)17(3,4)20/h7-13,15,19-20H,2H2,1,3-6H3. The van der Waals surface area contributed by atoms with Crippen molar-refractivity contribution in [3.8, 4) is 5.75 Å². The van der Waals surface area contributed by atoms with E-state index in [4.69, 9.17) is 9.57 Å². The second-order valence-electron chi connectivity index (χ2n) is 6.15. The molecule has 0 amide bonds. The van der Waals surface area contributed by atoms with Crippen LogP contribution in [-0.2, 0) is 4.84 Å². The molecule has 1 aromatic rings. The number of anilines is 1. The Morgan fingerprint density at radius 3 is 2.50 bits per heavy atom. The molecular formula is C18H27NO3. The molecule has 4 heteroatoms. The van der Waals surface area contributed by atoms with E-state index < -0.39 is 11.2 Å². The van der Waals surface area contributed by atoms with E-state index in [1.807, 2.05) is 57.2 Å². The molecule has 0 aliphatic heterocycles. The quantitative estimate of drug-likeness (QED) is 0.561. The topological polar surface area (TPSA) is 50.7 Å². The van der Waals surface area contributed by atoms with Crippen molar-refractivity contribution in [1.82, 2.24) is 0 Å². The van der Waals surface area contributed by atoms with Crippen LogP contribution < -0.4 is 10.2 Å². The molecule has 0 aliphatic carbocycles. The summed E-state index contributed by atoms with van der Waals surface area (Å²) in [6.45, 7) is 12.7. The van der Waals surface area contributed by atoms with Gasteiger partial charge in [0.2, 0.25) is 0 Å². The Labute approximate surface area is 133 Å². The molecule has 0 heterocycles. The van der Waals surface area contributed by atoms with E-state index in [9.17, 15) is 5.11 Å². The molecule has 0 spiro atoms. The molecule has 4 nitrogen and oxygen atoms in total. The second-order valence-corrected chi connectivity index (χ2v) is 6.15. The van der Waals surface area contributed by atoms with E-state index in [1.165, 1.54) is 0 Å². The van der Waals surface area contributed by atoms with Gasteiger partial charge in [-0.05, 0) is 58.9 Å². The minimum atomic E-state index is -0.978. The first-order valence-electron chi connectivity index (χ1n) is 7.38. The molecule has 0 bridgehead atoms. The normalized spacial score (nSPS) is 13.9. The lowest BCUT2D eigenvalue weighted by Crippen LogP contribution is -2.48. The molecule has 0 aromatic heterocycles. The Bertz CT molecular complexity index is 515. The first kappa shape index (κ1) is 18.3. The number of hydrogen-bond donors (Lipinski definition) is 2. The van der Waals surface area contributed by atoms with Gasteiger partial charge >= 0.3 is 0 Å². The number of ether oxygens (including phenoxy) is 1. The highest BCUT2D eigenvalue weighted by Crippen LogP contribution is 2.26. The van der Waals surface area contributed by atoms with Gasteiger partial charge in [0.15, 0.2) is 0 Å². The summed E-state index contributed by atoms with van der Waals surface area (Å²) in [7, 11) is 0. The van der Waals surface area contributed by atoms with Crippen LogP contribution in [0.2, 0.25) is 0 Å². The molecule has 122 valence electrons. The number of benzene rings is 1. The zero-order valence-corrected chi connectivity index (χ0v) is 14.1. The molecule has 1 unspecified atom stereocenters. The maximum absolute atomic E-state index is 10.1. The van der Waals surface area contributed by atoms with Gasteiger partial charge < -0.3 is 9.84 Å². The molecule has 0 saturated heterocycles. The fraction of sp³-hybridized carbons (Fsp3) is 0.444. The van der Waals surface area contributed by atoms with Crippen LogP contribution in [0.1, 0.15) is 34.6 Å². The van der Waals surface area contributed by atoms with E-state index >= 15 is 0 Å². The lowest BCUT2D eigenvalue weighted by atomic mass is 9.90.